The van der Waals surface area contributed by atoms with E-state index in [9.17, 15) is 8.42 Å². The second kappa shape index (κ2) is 12.0. The van der Waals surface area contributed by atoms with Crippen LogP contribution in [0.4, 0.5) is 0 Å². The molecule has 0 bridgehead atoms. The summed E-state index contributed by atoms with van der Waals surface area (Å²) in [6.07, 6.45) is 13.0. The summed E-state index contributed by atoms with van der Waals surface area (Å²) in [7, 11) is -3.27. The molecule has 0 amide bonds. The van der Waals surface area contributed by atoms with Crippen LogP contribution >= 0.6 is 0 Å². The van der Waals surface area contributed by atoms with Crippen LogP contribution in [-0.4, -0.2) is 32.9 Å². The molecule has 0 spiro atoms. The van der Waals surface area contributed by atoms with E-state index in [2.05, 4.69) is 32.9 Å². The van der Waals surface area contributed by atoms with Gasteiger partial charge in [-0.05, 0) is 0 Å². The third kappa shape index (κ3) is 5.77. The van der Waals surface area contributed by atoms with Crippen LogP contribution in [0.15, 0.2) is 29.2 Å². The maximum absolute atomic E-state index is 14.1. The molecule has 0 saturated heterocycles. The van der Waals surface area contributed by atoms with Crippen molar-refractivity contribution in [2.75, 3.05) is 0 Å². The molecule has 4 heteroatoms. The molecular weight excluding hydrogens is 471 g/mol. The van der Waals surface area contributed by atoms with Crippen molar-refractivity contribution in [3.05, 3.63) is 24.3 Å². The van der Waals surface area contributed by atoms with Gasteiger partial charge < -0.3 is 0 Å². The molecule has 0 atom stereocenters. The Hall–Kier alpha value is -0.0313. The summed E-state index contributed by atoms with van der Waals surface area (Å²) in [5.41, 5.74) is 0. The Morgan fingerprint density at radius 1 is 0.857 bits per heavy atom. The fraction of sp³-hybridized carbons (Fsp3) is 0.750. The predicted octanol–water partition coefficient (Wildman–Crippen LogP) is 6.66. The molecule has 1 aromatic rings. The molecule has 1 aromatic carbocycles. The average molecular weight is 512 g/mol. The minimum atomic E-state index is -3.27. The van der Waals surface area contributed by atoms with Crippen molar-refractivity contribution < 1.29 is 8.42 Å². The maximum atomic E-state index is 14.1. The number of benzene rings is 1. The van der Waals surface area contributed by atoms with E-state index in [1.807, 2.05) is 12.1 Å². The fourth-order valence-corrected chi connectivity index (χ4v) is 18.1. The van der Waals surface area contributed by atoms with Gasteiger partial charge in [0.25, 0.3) is 0 Å². The van der Waals surface area contributed by atoms with Gasteiger partial charge in [0.15, 0.2) is 0 Å². The minimum absolute atomic E-state index is 0.499. The molecule has 0 heterocycles. The van der Waals surface area contributed by atoms with E-state index < -0.39 is 34.3 Å². The molecule has 1 radical (unpaired) electrons. The normalized spacial score (nSPS) is 17.1. The Morgan fingerprint density at radius 3 is 2.00 bits per heavy atom. The Balaban J connectivity index is 2.46. The first-order valence-electron chi connectivity index (χ1n) is 11.7. The van der Waals surface area contributed by atoms with Gasteiger partial charge >= 0.3 is 182 Å². The Labute approximate surface area is 181 Å². The van der Waals surface area contributed by atoms with Gasteiger partial charge in [-0.1, -0.05) is 0 Å². The Morgan fingerprint density at radius 2 is 1.43 bits per heavy atom. The van der Waals surface area contributed by atoms with Crippen molar-refractivity contribution in [3.8, 4) is 0 Å². The van der Waals surface area contributed by atoms with Crippen LogP contribution in [0.3, 0.4) is 0 Å². The number of hydrogen-bond acceptors (Lipinski definition) is 2. The van der Waals surface area contributed by atoms with Gasteiger partial charge in [-0.25, -0.2) is 0 Å². The van der Waals surface area contributed by atoms with E-state index in [-0.39, 0.29) is 0 Å². The second-order valence-electron chi connectivity index (χ2n) is 8.66. The van der Waals surface area contributed by atoms with Gasteiger partial charge in [0.2, 0.25) is 0 Å². The van der Waals surface area contributed by atoms with Crippen LogP contribution in [0.2, 0.25) is 8.87 Å². The molecule has 0 unspecified atom stereocenters. The van der Waals surface area contributed by atoms with Crippen LogP contribution in [0, 0.1) is 0 Å². The molecule has 2 rings (SSSR count). The number of rotatable bonds is 12. The summed E-state index contributed by atoms with van der Waals surface area (Å²) in [5, 5.41) is 0. The van der Waals surface area contributed by atoms with Gasteiger partial charge in [-0.15, -0.1) is 0 Å². The second-order valence-corrected chi connectivity index (χ2v) is 18.8. The fourth-order valence-electron chi connectivity index (χ4n) is 4.75. The third-order valence-corrected chi connectivity index (χ3v) is 18.6. The Bertz CT molecular complexity index is 670. The first-order valence-corrected chi connectivity index (χ1v) is 18.7. The van der Waals surface area contributed by atoms with E-state index in [0.717, 1.165) is 49.8 Å². The number of sulfone groups is 1. The van der Waals surface area contributed by atoms with Crippen LogP contribution in [-0.2, 0) is 9.84 Å². The molecule has 159 valence electrons. The van der Waals surface area contributed by atoms with Crippen molar-refractivity contribution in [1.82, 2.24) is 0 Å². The third-order valence-electron chi connectivity index (χ3n) is 6.54. The van der Waals surface area contributed by atoms with E-state index in [1.54, 1.807) is 0 Å². The summed E-state index contributed by atoms with van der Waals surface area (Å²) in [4.78, 5) is 0.745. The van der Waals surface area contributed by atoms with Crippen LogP contribution < -0.4 is 3.58 Å². The predicted molar refractivity (Wildman–Crippen MR) is 124 cm³/mol. The van der Waals surface area contributed by atoms with E-state index in [1.165, 1.54) is 44.6 Å². The molecule has 0 aromatic heterocycles. The zero-order valence-electron chi connectivity index (χ0n) is 18.4. The summed E-state index contributed by atoms with van der Waals surface area (Å²) >= 11 is -1.94. The number of hydrogen-bond donors (Lipinski definition) is 0. The van der Waals surface area contributed by atoms with E-state index >= 15 is 0 Å². The molecule has 28 heavy (non-hydrogen) atoms. The van der Waals surface area contributed by atoms with Crippen molar-refractivity contribution >= 4 is 33.2 Å². The Kier molecular flexibility index (Phi) is 10.4. The van der Waals surface area contributed by atoms with Gasteiger partial charge in [0.05, 0.1) is 0 Å². The molecule has 0 N–H and O–H groups in total. The zero-order chi connectivity index (χ0) is 20.5. The van der Waals surface area contributed by atoms with E-state index in [4.69, 9.17) is 0 Å². The molecule has 1 aliphatic carbocycles. The molecule has 1 saturated carbocycles. The molecular formula is C24H41O2SSn. The topological polar surface area (TPSA) is 34.1 Å². The van der Waals surface area contributed by atoms with Crippen LogP contribution in [0.5, 0.6) is 0 Å². The standard InChI is InChI=1S/C16H23O2S.2C4H9.Sn/c1-2-3-12-16(13-8-5-9-14-16)19(17,18)15-10-6-4-7-11-15;2*1-3-4-2;/h4,6-7,10H,2-3,5,8-9,12-14H2,1H3;2*1,3-4H2,2H3;. The summed E-state index contributed by atoms with van der Waals surface area (Å²) in [5.74, 6) is 0. The first kappa shape index (κ1) is 24.2. The first-order chi connectivity index (χ1) is 13.5. The zero-order valence-corrected chi connectivity index (χ0v) is 22.1. The van der Waals surface area contributed by atoms with Gasteiger partial charge in [0, 0.05) is 0 Å². The number of unbranched alkanes of at least 4 members (excludes halogenated alkanes) is 3. The van der Waals surface area contributed by atoms with Crippen molar-refractivity contribution in [3.63, 3.8) is 0 Å². The molecule has 1 aliphatic rings. The van der Waals surface area contributed by atoms with Crippen molar-refractivity contribution in [2.24, 2.45) is 0 Å². The van der Waals surface area contributed by atoms with Gasteiger partial charge in [-0.2, -0.15) is 0 Å². The van der Waals surface area contributed by atoms with Crippen molar-refractivity contribution in [2.45, 2.75) is 116 Å². The average Bonchev–Trinajstić information content (AvgIpc) is 2.73. The van der Waals surface area contributed by atoms with Crippen LogP contribution in [0.1, 0.15) is 97.8 Å². The van der Waals surface area contributed by atoms with E-state index in [0.29, 0.717) is 0 Å². The molecule has 2 nitrogen and oxygen atoms in total. The van der Waals surface area contributed by atoms with Crippen molar-refractivity contribution in [1.29, 1.82) is 0 Å². The monoisotopic (exact) mass is 513 g/mol. The SMILES string of the molecule is CCC[CH2][Sn]([CH2]CCC)[c]1ccccc1S(=O)(=O)C1(CCCC)CCCCC1. The van der Waals surface area contributed by atoms with Gasteiger partial charge in [0.1, 0.15) is 0 Å². The molecule has 1 fully saturated rings. The summed E-state index contributed by atoms with van der Waals surface area (Å²) in [6.45, 7) is 6.69. The van der Waals surface area contributed by atoms with Gasteiger partial charge in [-0.3, -0.25) is 0 Å². The molecule has 0 aliphatic heterocycles. The summed E-state index contributed by atoms with van der Waals surface area (Å²) in [6, 6.07) is 8.22. The summed E-state index contributed by atoms with van der Waals surface area (Å²) < 4.78 is 31.6. The van der Waals surface area contributed by atoms with Crippen LogP contribution in [0.25, 0.3) is 0 Å². The quantitative estimate of drug-likeness (QED) is 0.294.